The minimum Gasteiger partial charge on any atom is -0.280 e. The quantitative estimate of drug-likeness (QED) is 0.701. The van der Waals surface area contributed by atoms with Crippen LogP contribution in [0.4, 0.5) is 4.39 Å². The summed E-state index contributed by atoms with van der Waals surface area (Å²) in [7, 11) is 0. The second-order valence-corrected chi connectivity index (χ2v) is 6.78. The monoisotopic (exact) mass is 366 g/mol. The van der Waals surface area contributed by atoms with Crippen molar-refractivity contribution in [2.75, 3.05) is 6.54 Å². The van der Waals surface area contributed by atoms with Crippen LogP contribution in [0.3, 0.4) is 0 Å². The summed E-state index contributed by atoms with van der Waals surface area (Å²) in [5.41, 5.74) is 3.72. The number of H-pyrrole nitrogens is 1. The van der Waals surface area contributed by atoms with Crippen molar-refractivity contribution in [3.63, 3.8) is 0 Å². The predicted octanol–water partition coefficient (Wildman–Crippen LogP) is 4.27. The van der Waals surface area contributed by atoms with E-state index in [2.05, 4.69) is 39.2 Å². The van der Waals surface area contributed by atoms with Gasteiger partial charge in [-0.25, -0.2) is 9.07 Å². The summed E-state index contributed by atoms with van der Waals surface area (Å²) >= 11 is 5.38. The molecule has 3 aromatic rings. The number of nitrogens with one attached hydrogen (secondary N) is 1. The largest absolute Gasteiger partial charge is 0.280 e. The Bertz CT molecular complexity index is 988. The molecule has 0 spiro atoms. The summed E-state index contributed by atoms with van der Waals surface area (Å²) in [5, 5.41) is 3.23. The lowest BCUT2D eigenvalue weighted by molar-refractivity contribution is 0.188. The Labute approximate surface area is 156 Å². The Balaban J connectivity index is 1.45. The number of nitrogens with zero attached hydrogens (tertiary/aromatic N) is 3. The van der Waals surface area contributed by atoms with Gasteiger partial charge in [-0.15, -0.1) is 0 Å². The second kappa shape index (κ2) is 7.35. The summed E-state index contributed by atoms with van der Waals surface area (Å²) in [4.78, 5) is 6.74. The molecule has 0 unspecified atom stereocenters. The minimum atomic E-state index is -0.242. The number of benzene rings is 2. The molecule has 2 aromatic carbocycles. The molecule has 6 heteroatoms. The van der Waals surface area contributed by atoms with Gasteiger partial charge in [0, 0.05) is 13.1 Å². The number of hydrogen-bond acceptors (Lipinski definition) is 3. The van der Waals surface area contributed by atoms with Gasteiger partial charge in [0.1, 0.15) is 11.6 Å². The summed E-state index contributed by atoms with van der Waals surface area (Å²) in [6, 6.07) is 14.9. The summed E-state index contributed by atoms with van der Waals surface area (Å²) in [6.45, 7) is 2.60. The van der Waals surface area contributed by atoms with E-state index in [1.54, 1.807) is 12.1 Å². The van der Waals surface area contributed by atoms with E-state index in [0.717, 1.165) is 25.1 Å². The Morgan fingerprint density at radius 2 is 1.85 bits per heavy atom. The van der Waals surface area contributed by atoms with Crippen LogP contribution in [0.1, 0.15) is 22.5 Å². The number of fused-ring (bicyclic) bond motifs is 1. The van der Waals surface area contributed by atoms with Gasteiger partial charge in [-0.1, -0.05) is 42.5 Å². The Morgan fingerprint density at radius 1 is 1.08 bits per heavy atom. The highest BCUT2D eigenvalue weighted by atomic mass is 32.1. The van der Waals surface area contributed by atoms with Crippen LogP contribution in [0, 0.1) is 10.6 Å². The highest BCUT2D eigenvalue weighted by molar-refractivity contribution is 7.71. The molecule has 1 aliphatic rings. The summed E-state index contributed by atoms with van der Waals surface area (Å²) in [6.07, 6.45) is 4.79. The van der Waals surface area contributed by atoms with Crippen molar-refractivity contribution in [3.05, 3.63) is 81.6 Å². The topological polar surface area (TPSA) is 36.9 Å². The smallest absolute Gasteiger partial charge is 0.217 e. The van der Waals surface area contributed by atoms with Crippen molar-refractivity contribution in [1.82, 2.24) is 19.7 Å². The first-order chi connectivity index (χ1) is 12.7. The van der Waals surface area contributed by atoms with Gasteiger partial charge in [-0.3, -0.25) is 10.00 Å². The molecule has 0 saturated carbocycles. The number of halogens is 1. The van der Waals surface area contributed by atoms with Crippen LogP contribution in [0.25, 0.3) is 12.2 Å². The summed E-state index contributed by atoms with van der Waals surface area (Å²) in [5.74, 6) is 0.450. The zero-order chi connectivity index (χ0) is 17.9. The van der Waals surface area contributed by atoms with E-state index in [4.69, 9.17) is 12.2 Å². The molecule has 4 rings (SSSR count). The molecule has 0 radical (unpaired) electrons. The van der Waals surface area contributed by atoms with Crippen LogP contribution in [-0.4, -0.2) is 26.2 Å². The van der Waals surface area contributed by atoms with E-state index in [0.29, 0.717) is 17.3 Å². The Kier molecular flexibility index (Phi) is 4.77. The number of aromatic amines is 1. The third-order valence-corrected chi connectivity index (χ3v) is 4.86. The maximum atomic E-state index is 13.0. The van der Waals surface area contributed by atoms with Gasteiger partial charge in [0.2, 0.25) is 4.77 Å². The molecule has 4 nitrogen and oxygen atoms in total. The fourth-order valence-electron chi connectivity index (χ4n) is 3.17. The van der Waals surface area contributed by atoms with Crippen LogP contribution < -0.4 is 0 Å². The van der Waals surface area contributed by atoms with Gasteiger partial charge in [0.05, 0.1) is 6.67 Å². The molecular weight excluding hydrogens is 347 g/mol. The molecule has 1 aliphatic heterocycles. The zero-order valence-electron chi connectivity index (χ0n) is 14.2. The zero-order valence-corrected chi connectivity index (χ0v) is 15.0. The minimum absolute atomic E-state index is 0.242. The van der Waals surface area contributed by atoms with Gasteiger partial charge in [-0.2, -0.15) is 4.98 Å². The first-order valence-electron chi connectivity index (χ1n) is 8.57. The highest BCUT2D eigenvalue weighted by Crippen LogP contribution is 2.18. The van der Waals surface area contributed by atoms with Crippen LogP contribution in [-0.2, 0) is 19.6 Å². The van der Waals surface area contributed by atoms with Crippen LogP contribution in [0.5, 0.6) is 0 Å². The molecular formula is C20H19FN4S. The van der Waals surface area contributed by atoms with Crippen LogP contribution >= 0.6 is 12.2 Å². The van der Waals surface area contributed by atoms with Gasteiger partial charge in [0.25, 0.3) is 0 Å². The van der Waals surface area contributed by atoms with E-state index < -0.39 is 0 Å². The maximum Gasteiger partial charge on any atom is 0.217 e. The van der Waals surface area contributed by atoms with Crippen LogP contribution in [0.2, 0.25) is 0 Å². The van der Waals surface area contributed by atoms with Crippen molar-refractivity contribution < 1.29 is 4.39 Å². The Morgan fingerprint density at radius 3 is 2.65 bits per heavy atom. The third kappa shape index (κ3) is 3.81. The molecule has 1 N–H and O–H groups in total. The maximum absolute atomic E-state index is 13.0. The molecule has 1 aromatic heterocycles. The second-order valence-electron chi connectivity index (χ2n) is 6.42. The number of aromatic nitrogens is 3. The average Bonchev–Trinajstić information content (AvgIpc) is 3.01. The lowest BCUT2D eigenvalue weighted by Crippen LogP contribution is -2.32. The van der Waals surface area contributed by atoms with Gasteiger partial charge in [0.15, 0.2) is 0 Å². The van der Waals surface area contributed by atoms with Crippen molar-refractivity contribution >= 4 is 24.4 Å². The van der Waals surface area contributed by atoms with Crippen molar-refractivity contribution in [1.29, 1.82) is 0 Å². The first-order valence-corrected chi connectivity index (χ1v) is 8.98. The van der Waals surface area contributed by atoms with Crippen molar-refractivity contribution in [3.8, 4) is 0 Å². The fraction of sp³-hybridized carbons (Fsp3) is 0.200. The average molecular weight is 366 g/mol. The fourth-order valence-corrected chi connectivity index (χ4v) is 3.37. The van der Waals surface area contributed by atoms with Crippen molar-refractivity contribution in [2.24, 2.45) is 0 Å². The van der Waals surface area contributed by atoms with Gasteiger partial charge < -0.3 is 0 Å². The van der Waals surface area contributed by atoms with E-state index in [9.17, 15) is 4.39 Å². The van der Waals surface area contributed by atoms with Crippen LogP contribution in [0.15, 0.2) is 48.5 Å². The standard InChI is InChI=1S/C20H19FN4S/c21-18-8-5-15(6-9-18)7-10-19-22-20(26)25(23-19)14-24-12-11-16-3-1-2-4-17(16)13-24/h1-10H,11-14H2,(H,22,23,26)/b10-7+. The Hall–Kier alpha value is -2.57. The molecule has 0 fully saturated rings. The molecule has 26 heavy (non-hydrogen) atoms. The molecule has 0 amide bonds. The molecule has 0 saturated heterocycles. The van der Waals surface area contributed by atoms with Gasteiger partial charge in [-0.05, 0) is 53.5 Å². The van der Waals surface area contributed by atoms with Gasteiger partial charge >= 0.3 is 0 Å². The molecule has 2 heterocycles. The normalized spacial score (nSPS) is 14.7. The summed E-state index contributed by atoms with van der Waals surface area (Å²) < 4.78 is 15.4. The van der Waals surface area contributed by atoms with E-state index in [-0.39, 0.29) is 5.82 Å². The third-order valence-electron chi connectivity index (χ3n) is 4.55. The molecule has 132 valence electrons. The van der Waals surface area contributed by atoms with Crippen molar-refractivity contribution in [2.45, 2.75) is 19.6 Å². The first kappa shape index (κ1) is 16.9. The van der Waals surface area contributed by atoms with E-state index in [1.165, 1.54) is 23.3 Å². The molecule has 0 bridgehead atoms. The SMILES string of the molecule is Fc1ccc(/C=C/c2nc(=S)n(CN3CCc4ccccc4C3)[nH]2)cc1. The predicted molar refractivity (Wildman–Crippen MR) is 103 cm³/mol. The number of rotatable bonds is 4. The lowest BCUT2D eigenvalue weighted by atomic mass is 10.0. The van der Waals surface area contributed by atoms with E-state index >= 15 is 0 Å². The molecule has 0 atom stereocenters. The number of hydrogen-bond donors (Lipinski definition) is 1. The lowest BCUT2D eigenvalue weighted by Gasteiger charge is -2.28. The van der Waals surface area contributed by atoms with E-state index in [1.807, 2.05) is 16.8 Å². The highest BCUT2D eigenvalue weighted by Gasteiger charge is 2.16. The molecule has 0 aliphatic carbocycles.